The summed E-state index contributed by atoms with van der Waals surface area (Å²) < 4.78 is 0. The lowest BCUT2D eigenvalue weighted by atomic mass is 10.1. The van der Waals surface area contributed by atoms with E-state index in [2.05, 4.69) is 15.1 Å². The molecule has 0 unspecified atom stereocenters. The van der Waals surface area contributed by atoms with Gasteiger partial charge in [-0.05, 0) is 43.7 Å². The highest BCUT2D eigenvalue weighted by molar-refractivity contribution is 5.94. The number of amides is 1. The lowest BCUT2D eigenvalue weighted by Crippen LogP contribution is -2.53. The smallest absolute Gasteiger partial charge is 0.237 e. The van der Waals surface area contributed by atoms with Crippen LogP contribution < -0.4 is 10.2 Å². The van der Waals surface area contributed by atoms with E-state index in [0.717, 1.165) is 43.0 Å². The van der Waals surface area contributed by atoms with Crippen molar-refractivity contribution in [1.82, 2.24) is 10.2 Å². The number of Topliss-reactive ketones (excluding diaryl/α,β-unsaturated/α-hetero) is 1. The summed E-state index contributed by atoms with van der Waals surface area (Å²) in [6.45, 7) is 7.54. The minimum absolute atomic E-state index is 0.0677. The number of carbonyl (C=O) groups is 2. The SMILES string of the molecule is CC(=O)c1ccc(N2CCN([C@H](C)C(=O)NCc3ccccc3)CC2)cc1. The summed E-state index contributed by atoms with van der Waals surface area (Å²) in [6.07, 6.45) is 0. The Morgan fingerprint density at radius 2 is 1.59 bits per heavy atom. The average molecular weight is 365 g/mol. The third kappa shape index (κ3) is 4.95. The van der Waals surface area contributed by atoms with Crippen LogP contribution in [0.15, 0.2) is 54.6 Å². The van der Waals surface area contributed by atoms with Crippen molar-refractivity contribution in [2.45, 2.75) is 26.4 Å². The van der Waals surface area contributed by atoms with Gasteiger partial charge in [0.05, 0.1) is 6.04 Å². The molecule has 0 bridgehead atoms. The minimum atomic E-state index is -0.143. The van der Waals surface area contributed by atoms with Crippen LogP contribution in [0.1, 0.15) is 29.8 Å². The number of hydrogen-bond donors (Lipinski definition) is 1. The molecule has 1 atom stereocenters. The first kappa shape index (κ1) is 19.1. The Balaban J connectivity index is 1.49. The molecule has 3 rings (SSSR count). The van der Waals surface area contributed by atoms with E-state index in [1.54, 1.807) is 6.92 Å². The molecule has 2 aromatic carbocycles. The fourth-order valence-electron chi connectivity index (χ4n) is 3.37. The third-order valence-corrected chi connectivity index (χ3v) is 5.19. The Labute approximate surface area is 161 Å². The Kier molecular flexibility index (Phi) is 6.24. The first-order chi connectivity index (χ1) is 13.0. The molecule has 1 aliphatic rings. The predicted octanol–water partition coefficient (Wildman–Crippen LogP) is 2.72. The summed E-state index contributed by atoms with van der Waals surface area (Å²) in [5.41, 5.74) is 2.97. The Morgan fingerprint density at radius 1 is 0.963 bits per heavy atom. The fraction of sp³-hybridized carbons (Fsp3) is 0.364. The molecule has 0 spiro atoms. The summed E-state index contributed by atoms with van der Waals surface area (Å²) in [7, 11) is 0. The molecule has 142 valence electrons. The van der Waals surface area contributed by atoms with Crippen LogP contribution >= 0.6 is 0 Å². The molecule has 0 saturated carbocycles. The van der Waals surface area contributed by atoms with E-state index in [-0.39, 0.29) is 17.7 Å². The van der Waals surface area contributed by atoms with Gasteiger partial charge in [-0.1, -0.05) is 30.3 Å². The van der Waals surface area contributed by atoms with Crippen LogP contribution in [-0.4, -0.2) is 48.8 Å². The van der Waals surface area contributed by atoms with Gasteiger partial charge in [-0.15, -0.1) is 0 Å². The van der Waals surface area contributed by atoms with Gasteiger partial charge in [0.2, 0.25) is 5.91 Å². The van der Waals surface area contributed by atoms with Crippen LogP contribution in [0.3, 0.4) is 0 Å². The monoisotopic (exact) mass is 365 g/mol. The second-order valence-corrected chi connectivity index (χ2v) is 7.01. The molecule has 0 aliphatic carbocycles. The molecule has 1 aliphatic heterocycles. The zero-order valence-electron chi connectivity index (χ0n) is 16.0. The highest BCUT2D eigenvalue weighted by Crippen LogP contribution is 2.18. The van der Waals surface area contributed by atoms with Crippen LogP contribution in [0, 0.1) is 0 Å². The van der Waals surface area contributed by atoms with Gasteiger partial charge in [0.25, 0.3) is 0 Å². The van der Waals surface area contributed by atoms with E-state index in [1.165, 1.54) is 0 Å². The number of nitrogens with zero attached hydrogens (tertiary/aromatic N) is 2. The maximum absolute atomic E-state index is 12.5. The fourth-order valence-corrected chi connectivity index (χ4v) is 3.37. The molecule has 1 N–H and O–H groups in total. The van der Waals surface area contributed by atoms with E-state index < -0.39 is 0 Å². The molecular weight excluding hydrogens is 338 g/mol. The molecule has 1 heterocycles. The number of nitrogens with one attached hydrogen (secondary N) is 1. The number of carbonyl (C=O) groups excluding carboxylic acids is 2. The largest absolute Gasteiger partial charge is 0.369 e. The first-order valence-electron chi connectivity index (χ1n) is 9.46. The lowest BCUT2D eigenvalue weighted by Gasteiger charge is -2.38. The summed E-state index contributed by atoms with van der Waals surface area (Å²) in [4.78, 5) is 28.4. The van der Waals surface area contributed by atoms with Gasteiger partial charge >= 0.3 is 0 Å². The molecule has 2 aromatic rings. The van der Waals surface area contributed by atoms with Crippen molar-refractivity contribution in [2.75, 3.05) is 31.1 Å². The number of piperazine rings is 1. The second-order valence-electron chi connectivity index (χ2n) is 7.01. The molecule has 0 aromatic heterocycles. The number of benzene rings is 2. The van der Waals surface area contributed by atoms with Gasteiger partial charge in [-0.2, -0.15) is 0 Å². The van der Waals surface area contributed by atoms with Gasteiger partial charge in [0, 0.05) is 44.0 Å². The van der Waals surface area contributed by atoms with Gasteiger partial charge in [0.1, 0.15) is 0 Å². The van der Waals surface area contributed by atoms with Crippen molar-refractivity contribution in [1.29, 1.82) is 0 Å². The third-order valence-electron chi connectivity index (χ3n) is 5.19. The van der Waals surface area contributed by atoms with Gasteiger partial charge < -0.3 is 10.2 Å². The van der Waals surface area contributed by atoms with Gasteiger partial charge in [-0.25, -0.2) is 0 Å². The number of ketones is 1. The molecule has 1 fully saturated rings. The molecule has 27 heavy (non-hydrogen) atoms. The van der Waals surface area contributed by atoms with Crippen LogP contribution in [-0.2, 0) is 11.3 Å². The summed E-state index contributed by atoms with van der Waals surface area (Å²) in [6, 6.07) is 17.6. The van der Waals surface area contributed by atoms with Crippen molar-refractivity contribution < 1.29 is 9.59 Å². The van der Waals surface area contributed by atoms with Gasteiger partial charge in [0.15, 0.2) is 5.78 Å². The number of rotatable bonds is 6. The van der Waals surface area contributed by atoms with E-state index in [1.807, 2.05) is 61.5 Å². The molecule has 1 amide bonds. The predicted molar refractivity (Wildman–Crippen MR) is 108 cm³/mol. The van der Waals surface area contributed by atoms with Crippen molar-refractivity contribution in [3.05, 3.63) is 65.7 Å². The molecule has 5 nitrogen and oxygen atoms in total. The highest BCUT2D eigenvalue weighted by Gasteiger charge is 2.25. The average Bonchev–Trinajstić information content (AvgIpc) is 2.72. The lowest BCUT2D eigenvalue weighted by molar-refractivity contribution is -0.126. The Morgan fingerprint density at radius 3 is 2.19 bits per heavy atom. The number of hydrogen-bond acceptors (Lipinski definition) is 4. The van der Waals surface area contributed by atoms with Crippen molar-refractivity contribution in [3.8, 4) is 0 Å². The zero-order chi connectivity index (χ0) is 19.2. The maximum atomic E-state index is 12.5. The Bertz CT molecular complexity index is 766. The van der Waals surface area contributed by atoms with E-state index in [4.69, 9.17) is 0 Å². The van der Waals surface area contributed by atoms with Crippen LogP contribution in [0.4, 0.5) is 5.69 Å². The van der Waals surface area contributed by atoms with Crippen LogP contribution in [0.25, 0.3) is 0 Å². The van der Waals surface area contributed by atoms with E-state index in [9.17, 15) is 9.59 Å². The highest BCUT2D eigenvalue weighted by atomic mass is 16.2. The van der Waals surface area contributed by atoms with Gasteiger partial charge in [-0.3, -0.25) is 14.5 Å². The topological polar surface area (TPSA) is 52.7 Å². The minimum Gasteiger partial charge on any atom is -0.369 e. The Hall–Kier alpha value is -2.66. The van der Waals surface area contributed by atoms with E-state index >= 15 is 0 Å². The summed E-state index contributed by atoms with van der Waals surface area (Å²) >= 11 is 0. The molecule has 0 radical (unpaired) electrons. The standard InChI is InChI=1S/C22H27N3O2/c1-17(22(27)23-16-19-6-4-3-5-7-19)24-12-14-25(15-13-24)21-10-8-20(9-11-21)18(2)26/h3-11,17H,12-16H2,1-2H3,(H,23,27)/t17-/m1/s1. The maximum Gasteiger partial charge on any atom is 0.237 e. The van der Waals surface area contributed by atoms with Crippen LogP contribution in [0.5, 0.6) is 0 Å². The quantitative estimate of drug-likeness (QED) is 0.800. The molecular formula is C22H27N3O2. The normalized spacial score (nSPS) is 16.0. The molecule has 5 heteroatoms. The summed E-state index contributed by atoms with van der Waals surface area (Å²) in [5.74, 6) is 0.153. The van der Waals surface area contributed by atoms with Crippen molar-refractivity contribution >= 4 is 17.4 Å². The van der Waals surface area contributed by atoms with Crippen molar-refractivity contribution in [2.24, 2.45) is 0 Å². The number of anilines is 1. The van der Waals surface area contributed by atoms with Crippen LogP contribution in [0.2, 0.25) is 0 Å². The first-order valence-corrected chi connectivity index (χ1v) is 9.46. The summed E-state index contributed by atoms with van der Waals surface area (Å²) in [5, 5.41) is 3.03. The van der Waals surface area contributed by atoms with E-state index in [0.29, 0.717) is 6.54 Å². The molecule has 1 saturated heterocycles. The zero-order valence-corrected chi connectivity index (χ0v) is 16.0. The van der Waals surface area contributed by atoms with Crippen molar-refractivity contribution in [3.63, 3.8) is 0 Å². The second kappa shape index (κ2) is 8.82.